The molecule has 2 rings (SSSR count). The molecule has 0 spiro atoms. The number of aliphatic hydroxyl groups excluding tert-OH is 1. The molecule has 0 radical (unpaired) electrons. The molecule has 1 unspecified atom stereocenters. The van der Waals surface area contributed by atoms with Crippen LogP contribution < -0.4 is 4.72 Å². The van der Waals surface area contributed by atoms with Crippen LogP contribution in [0.3, 0.4) is 0 Å². The third-order valence-electron chi connectivity index (χ3n) is 3.46. The number of nitrogens with zero attached hydrogens (tertiary/aromatic N) is 1. The van der Waals surface area contributed by atoms with Crippen molar-refractivity contribution >= 4 is 21.8 Å². The molecule has 0 aromatic heterocycles. The van der Waals surface area contributed by atoms with Crippen LogP contribution in [-0.4, -0.2) is 37.0 Å². The van der Waals surface area contributed by atoms with Crippen molar-refractivity contribution in [3.63, 3.8) is 0 Å². The first kappa shape index (κ1) is 15.7. The smallest absolute Gasteiger partial charge is 0.280 e. The van der Waals surface area contributed by atoms with Gasteiger partial charge in [0, 0.05) is 24.2 Å². The molecule has 1 aromatic carbocycles. The van der Waals surface area contributed by atoms with E-state index in [1.165, 1.54) is 4.31 Å². The maximum Gasteiger partial charge on any atom is 0.280 e. The van der Waals surface area contributed by atoms with Gasteiger partial charge in [0.15, 0.2) is 0 Å². The molecule has 5 nitrogen and oxygen atoms in total. The van der Waals surface area contributed by atoms with E-state index in [9.17, 15) is 13.5 Å². The minimum absolute atomic E-state index is 0.137. The second-order valence-electron chi connectivity index (χ2n) is 4.90. The van der Waals surface area contributed by atoms with Crippen LogP contribution in [0.5, 0.6) is 0 Å². The van der Waals surface area contributed by atoms with Crippen LogP contribution in [0.4, 0.5) is 0 Å². The average Bonchev–Trinajstić information content (AvgIpc) is 2.46. The van der Waals surface area contributed by atoms with Crippen molar-refractivity contribution in [2.75, 3.05) is 13.2 Å². The van der Waals surface area contributed by atoms with Crippen molar-refractivity contribution in [1.29, 1.82) is 0 Å². The summed E-state index contributed by atoms with van der Waals surface area (Å²) in [5.41, 5.74) is 0.843. The molecule has 112 valence electrons. The fourth-order valence-corrected chi connectivity index (χ4v) is 3.91. The Hall–Kier alpha value is -0.660. The molecule has 2 N–H and O–H groups in total. The van der Waals surface area contributed by atoms with Crippen LogP contribution in [0.2, 0.25) is 5.02 Å². The Balaban J connectivity index is 2.01. The molecule has 1 aliphatic heterocycles. The van der Waals surface area contributed by atoms with E-state index < -0.39 is 10.2 Å². The fourth-order valence-electron chi connectivity index (χ4n) is 2.33. The molecule has 0 aliphatic carbocycles. The second kappa shape index (κ2) is 6.87. The van der Waals surface area contributed by atoms with Crippen LogP contribution in [0.1, 0.15) is 24.8 Å². The number of piperidine rings is 1. The van der Waals surface area contributed by atoms with Crippen LogP contribution >= 0.6 is 11.6 Å². The molecule has 0 amide bonds. The first-order valence-electron chi connectivity index (χ1n) is 6.64. The van der Waals surface area contributed by atoms with Gasteiger partial charge in [-0.2, -0.15) is 17.4 Å². The van der Waals surface area contributed by atoms with Gasteiger partial charge in [0.2, 0.25) is 0 Å². The van der Waals surface area contributed by atoms with Crippen LogP contribution in [0, 0.1) is 0 Å². The molecule has 1 aliphatic rings. The van der Waals surface area contributed by atoms with Gasteiger partial charge < -0.3 is 5.11 Å². The van der Waals surface area contributed by atoms with Crippen LogP contribution in [-0.2, 0) is 16.8 Å². The highest BCUT2D eigenvalue weighted by Gasteiger charge is 2.31. The van der Waals surface area contributed by atoms with Gasteiger partial charge in [-0.05, 0) is 30.5 Å². The molecule has 1 saturated heterocycles. The Kier molecular flexibility index (Phi) is 5.40. The summed E-state index contributed by atoms with van der Waals surface area (Å²) in [7, 11) is -3.56. The number of nitrogens with one attached hydrogen (secondary N) is 1. The van der Waals surface area contributed by atoms with Gasteiger partial charge in [0.1, 0.15) is 0 Å². The number of aliphatic hydroxyl groups is 1. The molecule has 1 heterocycles. The minimum Gasteiger partial charge on any atom is -0.395 e. The van der Waals surface area contributed by atoms with Gasteiger partial charge in [-0.1, -0.05) is 30.2 Å². The lowest BCUT2D eigenvalue weighted by Crippen LogP contribution is -2.50. The summed E-state index contributed by atoms with van der Waals surface area (Å²) in [6.07, 6.45) is 2.49. The lowest BCUT2D eigenvalue weighted by molar-refractivity contribution is 0.154. The molecule has 20 heavy (non-hydrogen) atoms. The van der Waals surface area contributed by atoms with E-state index in [-0.39, 0.29) is 19.2 Å². The van der Waals surface area contributed by atoms with Gasteiger partial charge in [-0.3, -0.25) is 0 Å². The van der Waals surface area contributed by atoms with E-state index in [1.54, 1.807) is 24.3 Å². The minimum atomic E-state index is -3.56. The summed E-state index contributed by atoms with van der Waals surface area (Å²) in [5.74, 6) is 0. The number of benzene rings is 1. The van der Waals surface area contributed by atoms with E-state index >= 15 is 0 Å². The van der Waals surface area contributed by atoms with E-state index in [0.29, 0.717) is 18.0 Å². The zero-order valence-electron chi connectivity index (χ0n) is 11.1. The van der Waals surface area contributed by atoms with Crippen molar-refractivity contribution < 1.29 is 13.5 Å². The number of halogens is 1. The van der Waals surface area contributed by atoms with Gasteiger partial charge in [-0.25, -0.2) is 0 Å². The van der Waals surface area contributed by atoms with E-state index in [4.69, 9.17) is 11.6 Å². The topological polar surface area (TPSA) is 69.6 Å². The summed E-state index contributed by atoms with van der Waals surface area (Å²) in [6.45, 7) is 0.539. The standard InChI is InChI=1S/C13H19ClN2O3S/c14-12-6-4-11(5-7-12)9-15-20(18,19)16-8-2-1-3-13(16)10-17/h4-7,13,15,17H,1-3,8-10H2. The molecule has 1 aromatic rings. The Morgan fingerprint density at radius 2 is 2.00 bits per heavy atom. The first-order valence-corrected chi connectivity index (χ1v) is 8.46. The van der Waals surface area contributed by atoms with E-state index in [1.807, 2.05) is 0 Å². The lowest BCUT2D eigenvalue weighted by atomic mass is 10.1. The highest BCUT2D eigenvalue weighted by molar-refractivity contribution is 7.87. The zero-order valence-corrected chi connectivity index (χ0v) is 12.7. The molecule has 1 atom stereocenters. The van der Waals surface area contributed by atoms with E-state index in [0.717, 1.165) is 18.4 Å². The highest BCUT2D eigenvalue weighted by atomic mass is 35.5. The Labute approximate surface area is 124 Å². The quantitative estimate of drug-likeness (QED) is 0.865. The molecular weight excluding hydrogens is 300 g/mol. The van der Waals surface area contributed by atoms with Gasteiger partial charge in [-0.15, -0.1) is 0 Å². The number of rotatable bonds is 5. The monoisotopic (exact) mass is 318 g/mol. The summed E-state index contributed by atoms with van der Waals surface area (Å²) in [4.78, 5) is 0. The van der Waals surface area contributed by atoms with E-state index in [2.05, 4.69) is 4.72 Å². The molecule has 0 saturated carbocycles. The Morgan fingerprint density at radius 3 is 2.65 bits per heavy atom. The second-order valence-corrected chi connectivity index (χ2v) is 7.04. The van der Waals surface area contributed by atoms with Gasteiger partial charge in [0.05, 0.1) is 6.61 Å². The van der Waals surface area contributed by atoms with Crippen molar-refractivity contribution in [2.45, 2.75) is 31.8 Å². The highest BCUT2D eigenvalue weighted by Crippen LogP contribution is 2.19. The summed E-state index contributed by atoms with van der Waals surface area (Å²) in [5, 5.41) is 9.91. The number of hydrogen-bond donors (Lipinski definition) is 2. The molecule has 7 heteroatoms. The SMILES string of the molecule is O=S(=O)(NCc1ccc(Cl)cc1)N1CCCCC1CO. The Morgan fingerprint density at radius 1 is 1.30 bits per heavy atom. The molecular formula is C13H19ClN2O3S. The first-order chi connectivity index (χ1) is 9.53. The van der Waals surface area contributed by atoms with Crippen LogP contribution in [0.25, 0.3) is 0 Å². The molecule has 1 fully saturated rings. The Bertz CT molecular complexity index is 533. The van der Waals surface area contributed by atoms with Crippen molar-refractivity contribution in [1.82, 2.24) is 9.03 Å². The van der Waals surface area contributed by atoms with Crippen molar-refractivity contribution in [2.24, 2.45) is 0 Å². The molecule has 0 bridgehead atoms. The summed E-state index contributed by atoms with van der Waals surface area (Å²) < 4.78 is 28.5. The number of hydrogen-bond acceptors (Lipinski definition) is 3. The van der Waals surface area contributed by atoms with Crippen molar-refractivity contribution in [3.05, 3.63) is 34.9 Å². The summed E-state index contributed by atoms with van der Waals surface area (Å²) >= 11 is 5.79. The van der Waals surface area contributed by atoms with Gasteiger partial charge in [0.25, 0.3) is 10.2 Å². The van der Waals surface area contributed by atoms with Crippen LogP contribution in [0.15, 0.2) is 24.3 Å². The third-order valence-corrected chi connectivity index (χ3v) is 5.32. The zero-order chi connectivity index (χ0) is 14.6. The maximum absolute atomic E-state index is 12.3. The predicted molar refractivity (Wildman–Crippen MR) is 78.6 cm³/mol. The predicted octanol–water partition coefficient (Wildman–Crippen LogP) is 1.52. The van der Waals surface area contributed by atoms with Gasteiger partial charge >= 0.3 is 0 Å². The normalized spacial score (nSPS) is 21.0. The largest absolute Gasteiger partial charge is 0.395 e. The maximum atomic E-state index is 12.3. The fraction of sp³-hybridized carbons (Fsp3) is 0.538. The average molecular weight is 319 g/mol. The summed E-state index contributed by atoms with van der Waals surface area (Å²) in [6, 6.07) is 6.70. The lowest BCUT2D eigenvalue weighted by Gasteiger charge is -2.33. The van der Waals surface area contributed by atoms with Crippen molar-refractivity contribution in [3.8, 4) is 0 Å². The third kappa shape index (κ3) is 3.93.